The summed E-state index contributed by atoms with van der Waals surface area (Å²) in [6.45, 7) is 4.80. The van der Waals surface area contributed by atoms with E-state index in [1.165, 1.54) is 148 Å². The van der Waals surface area contributed by atoms with E-state index >= 15 is 0 Å². The van der Waals surface area contributed by atoms with Gasteiger partial charge in [0, 0.05) is 19.6 Å². The highest BCUT2D eigenvalue weighted by atomic mass is 31.2. The fraction of sp³-hybridized carbons (Fsp3) is 0.827. The molecule has 3 N–H and O–H groups in total. The first-order valence-corrected chi connectivity index (χ1v) is 27.1. The highest BCUT2D eigenvalue weighted by Crippen LogP contribution is 2.43. The number of phosphoric acid groups is 1. The van der Waals surface area contributed by atoms with Gasteiger partial charge in [-0.15, -0.1) is 0 Å². The predicted molar refractivity (Wildman–Crippen MR) is 261 cm³/mol. The molecule has 0 saturated carbocycles. The van der Waals surface area contributed by atoms with Crippen LogP contribution in [-0.2, 0) is 27.9 Å². The molecular formula is C52H98NO7P. The summed E-state index contributed by atoms with van der Waals surface area (Å²) in [4.78, 5) is 22.6. The lowest BCUT2D eigenvalue weighted by Gasteiger charge is -2.20. The molecule has 0 bridgehead atoms. The Morgan fingerprint density at radius 1 is 0.508 bits per heavy atom. The lowest BCUT2D eigenvalue weighted by Crippen LogP contribution is -2.28. The quantitative estimate of drug-likeness (QED) is 0.0269. The molecule has 0 heterocycles. The van der Waals surface area contributed by atoms with Gasteiger partial charge in [-0.2, -0.15) is 0 Å². The van der Waals surface area contributed by atoms with E-state index in [-0.39, 0.29) is 32.3 Å². The summed E-state index contributed by atoms with van der Waals surface area (Å²) in [7, 11) is -4.29. The van der Waals surface area contributed by atoms with Crippen LogP contribution in [0, 0.1) is 0 Å². The number of ether oxygens (including phenoxy) is 2. The number of carbonyl (C=O) groups is 1. The van der Waals surface area contributed by atoms with Gasteiger partial charge in [0.05, 0.1) is 19.8 Å². The van der Waals surface area contributed by atoms with Gasteiger partial charge in [0.1, 0.15) is 6.10 Å². The van der Waals surface area contributed by atoms with Crippen molar-refractivity contribution >= 4 is 13.8 Å². The van der Waals surface area contributed by atoms with E-state index < -0.39 is 13.9 Å². The van der Waals surface area contributed by atoms with Crippen molar-refractivity contribution in [3.63, 3.8) is 0 Å². The van der Waals surface area contributed by atoms with Crippen LogP contribution >= 0.6 is 7.82 Å². The maximum atomic E-state index is 12.7. The van der Waals surface area contributed by atoms with E-state index in [1.807, 2.05) is 0 Å². The molecule has 9 heteroatoms. The third-order valence-electron chi connectivity index (χ3n) is 11.0. The molecule has 358 valence electrons. The average molecular weight is 880 g/mol. The molecule has 61 heavy (non-hydrogen) atoms. The zero-order valence-corrected chi connectivity index (χ0v) is 40.8. The molecule has 0 fully saturated rings. The summed E-state index contributed by atoms with van der Waals surface area (Å²) in [5.41, 5.74) is 5.39. The maximum absolute atomic E-state index is 12.7. The molecule has 8 nitrogen and oxygen atoms in total. The molecule has 0 aromatic heterocycles. The Bertz CT molecular complexity index is 1080. The van der Waals surface area contributed by atoms with Gasteiger partial charge in [-0.05, 0) is 51.4 Å². The molecule has 0 amide bonds. The molecule has 2 unspecified atom stereocenters. The summed E-state index contributed by atoms with van der Waals surface area (Å²) in [6.07, 6.45) is 60.1. The van der Waals surface area contributed by atoms with Crippen LogP contribution in [0.5, 0.6) is 0 Å². The van der Waals surface area contributed by atoms with Gasteiger partial charge in [0.2, 0.25) is 0 Å². The fourth-order valence-corrected chi connectivity index (χ4v) is 8.05. The Labute approximate surface area is 377 Å². The Morgan fingerprint density at radius 3 is 1.38 bits per heavy atom. The number of allylic oxidation sites excluding steroid dienone is 8. The zero-order chi connectivity index (χ0) is 44.4. The van der Waals surface area contributed by atoms with Crippen molar-refractivity contribution in [1.29, 1.82) is 0 Å². The van der Waals surface area contributed by atoms with Gasteiger partial charge >= 0.3 is 13.8 Å². The minimum Gasteiger partial charge on any atom is -0.457 e. The smallest absolute Gasteiger partial charge is 0.457 e. The van der Waals surface area contributed by atoms with Gasteiger partial charge in [-0.3, -0.25) is 13.8 Å². The minimum absolute atomic E-state index is 0.0967. The first kappa shape index (κ1) is 59.5. The molecular weight excluding hydrogens is 782 g/mol. The number of phosphoric ester groups is 1. The van der Waals surface area contributed by atoms with Gasteiger partial charge in [-0.25, -0.2) is 4.57 Å². The maximum Gasteiger partial charge on any atom is 0.472 e. The van der Waals surface area contributed by atoms with Gasteiger partial charge < -0.3 is 20.1 Å². The van der Waals surface area contributed by atoms with E-state index in [1.54, 1.807) is 0 Å². The van der Waals surface area contributed by atoms with Gasteiger partial charge in [0.15, 0.2) is 0 Å². The Kier molecular flexibility index (Phi) is 48.2. The van der Waals surface area contributed by atoms with Crippen molar-refractivity contribution in [2.75, 3.05) is 33.0 Å². The number of nitrogens with two attached hydrogens (primary N) is 1. The topological polar surface area (TPSA) is 117 Å². The lowest BCUT2D eigenvalue weighted by molar-refractivity contribution is -0.154. The summed E-state index contributed by atoms with van der Waals surface area (Å²) < 4.78 is 33.6. The van der Waals surface area contributed by atoms with E-state index in [0.717, 1.165) is 70.6 Å². The molecule has 0 radical (unpaired) electrons. The molecule has 0 rings (SSSR count). The number of hydrogen-bond acceptors (Lipinski definition) is 7. The number of hydrogen-bond donors (Lipinski definition) is 2. The SMILES string of the molecule is CC/C=C\C/C=C\C/C=C\C/C=C\CCCCCCCOCC(COP(=O)(O)OCCN)OC(=O)CCCCCCCCCCCCCCCCCCCCCCCCCC. The first-order valence-electron chi connectivity index (χ1n) is 25.6. The summed E-state index contributed by atoms with van der Waals surface area (Å²) in [6, 6.07) is 0. The van der Waals surface area contributed by atoms with Crippen LogP contribution in [0.2, 0.25) is 0 Å². The molecule has 0 spiro atoms. The second-order valence-corrected chi connectivity index (χ2v) is 18.5. The lowest BCUT2D eigenvalue weighted by atomic mass is 10.0. The van der Waals surface area contributed by atoms with E-state index in [9.17, 15) is 14.3 Å². The average Bonchev–Trinajstić information content (AvgIpc) is 3.25. The second-order valence-electron chi connectivity index (χ2n) is 17.0. The van der Waals surface area contributed by atoms with Crippen LogP contribution < -0.4 is 5.73 Å². The van der Waals surface area contributed by atoms with Crippen LogP contribution in [0.4, 0.5) is 0 Å². The standard InChI is InChI=1S/C52H98NO7P/c1-3-5-7-9-11-13-15-17-19-21-23-24-25-26-27-28-29-31-33-35-37-39-41-43-45-52(54)60-51(50-59-61(55,56)58-48-46-53)49-57-47-44-42-40-38-36-34-32-30-22-20-18-16-14-12-10-8-6-4-2/h6,8,12,14,18,20,30,32,51H,3-5,7,9-11,13,15-17,19,21-29,31,33-50,53H2,1-2H3,(H,55,56)/b8-6-,14-12-,20-18-,32-30-. The van der Waals surface area contributed by atoms with Crippen molar-refractivity contribution < 1.29 is 32.8 Å². The Balaban J connectivity index is 3.93. The van der Waals surface area contributed by atoms with Gasteiger partial charge in [0.25, 0.3) is 0 Å². The zero-order valence-electron chi connectivity index (χ0n) is 39.9. The number of rotatable bonds is 49. The van der Waals surface area contributed by atoms with E-state index in [4.69, 9.17) is 24.3 Å². The van der Waals surface area contributed by atoms with Crippen LogP contribution in [-0.4, -0.2) is 49.9 Å². The van der Waals surface area contributed by atoms with Crippen LogP contribution in [0.15, 0.2) is 48.6 Å². The molecule has 0 aromatic carbocycles. The normalized spacial score (nSPS) is 13.7. The monoisotopic (exact) mass is 880 g/mol. The largest absolute Gasteiger partial charge is 0.472 e. The van der Waals surface area contributed by atoms with E-state index in [0.29, 0.717) is 13.0 Å². The minimum atomic E-state index is -4.29. The van der Waals surface area contributed by atoms with Crippen molar-refractivity contribution in [1.82, 2.24) is 0 Å². The number of esters is 1. The molecule has 0 aliphatic carbocycles. The van der Waals surface area contributed by atoms with Crippen LogP contribution in [0.25, 0.3) is 0 Å². The molecule has 0 aliphatic rings. The predicted octanol–water partition coefficient (Wildman–Crippen LogP) is 15.9. The van der Waals surface area contributed by atoms with Crippen LogP contribution in [0.1, 0.15) is 239 Å². The highest BCUT2D eigenvalue weighted by molar-refractivity contribution is 7.47. The third-order valence-corrected chi connectivity index (χ3v) is 12.0. The van der Waals surface area contributed by atoms with Crippen molar-refractivity contribution in [3.05, 3.63) is 48.6 Å². The molecule has 0 aromatic rings. The molecule has 0 saturated heterocycles. The fourth-order valence-electron chi connectivity index (χ4n) is 7.28. The summed E-state index contributed by atoms with van der Waals surface area (Å²) in [5, 5.41) is 0. The molecule has 2 atom stereocenters. The Morgan fingerprint density at radius 2 is 0.918 bits per heavy atom. The molecule has 0 aliphatic heterocycles. The van der Waals surface area contributed by atoms with Crippen molar-refractivity contribution in [3.8, 4) is 0 Å². The number of carbonyl (C=O) groups excluding carboxylic acids is 1. The van der Waals surface area contributed by atoms with Crippen molar-refractivity contribution in [2.24, 2.45) is 5.73 Å². The van der Waals surface area contributed by atoms with E-state index in [2.05, 4.69) is 62.5 Å². The number of unbranched alkanes of at least 4 members (excludes halogenated alkanes) is 28. The first-order chi connectivity index (χ1) is 29.9. The van der Waals surface area contributed by atoms with Crippen molar-refractivity contribution in [2.45, 2.75) is 245 Å². The third kappa shape index (κ3) is 49.3. The van der Waals surface area contributed by atoms with Gasteiger partial charge in [-0.1, -0.05) is 229 Å². The Hall–Kier alpha value is -1.54. The summed E-state index contributed by atoms with van der Waals surface area (Å²) >= 11 is 0. The highest BCUT2D eigenvalue weighted by Gasteiger charge is 2.25. The van der Waals surface area contributed by atoms with Crippen LogP contribution in [0.3, 0.4) is 0 Å². The summed E-state index contributed by atoms with van der Waals surface area (Å²) in [5.74, 6) is -0.333. The second kappa shape index (κ2) is 49.5.